The van der Waals surface area contributed by atoms with Crippen molar-refractivity contribution in [2.45, 2.75) is 264 Å². The SMILES string of the molecule is CC/C=C\C/C=C\C/C=C\C/C=C\C/C=C\C/C=C\C/C=C\C/C=C\C/C=C\CCCCCC(=O)OCC(COC(=O)CCCCCCCCCCCC)OC(=O)CCCCCCCCCCCCC. The van der Waals surface area contributed by atoms with Gasteiger partial charge in [-0.2, -0.15) is 0 Å². The summed E-state index contributed by atoms with van der Waals surface area (Å²) in [4.78, 5) is 38.0. The zero-order valence-electron chi connectivity index (χ0n) is 45.5. The van der Waals surface area contributed by atoms with E-state index in [1.165, 1.54) is 96.3 Å². The zero-order chi connectivity index (χ0) is 50.7. The molecule has 6 heteroatoms. The number of allylic oxidation sites excluding steroid dienone is 18. The number of unbranched alkanes of at least 4 members (excludes halogenated alkanes) is 22. The van der Waals surface area contributed by atoms with E-state index in [0.717, 1.165) is 122 Å². The number of ether oxygens (including phenoxy) is 3. The molecule has 0 spiro atoms. The summed E-state index contributed by atoms with van der Waals surface area (Å²) in [5.74, 6) is -0.922. The molecule has 1 unspecified atom stereocenters. The third kappa shape index (κ3) is 55.0. The minimum absolute atomic E-state index is 0.0861. The van der Waals surface area contributed by atoms with Crippen LogP contribution in [0.1, 0.15) is 258 Å². The molecule has 0 radical (unpaired) electrons. The maximum absolute atomic E-state index is 12.8. The molecule has 0 aromatic rings. The summed E-state index contributed by atoms with van der Waals surface area (Å²) in [6.07, 6.45) is 78.1. The molecule has 70 heavy (non-hydrogen) atoms. The van der Waals surface area contributed by atoms with Gasteiger partial charge in [0.05, 0.1) is 0 Å². The molecule has 0 rings (SSSR count). The first-order valence-corrected chi connectivity index (χ1v) is 28.9. The van der Waals surface area contributed by atoms with E-state index >= 15 is 0 Å². The molecule has 0 aliphatic carbocycles. The van der Waals surface area contributed by atoms with Gasteiger partial charge in [-0.1, -0.05) is 259 Å². The van der Waals surface area contributed by atoms with E-state index < -0.39 is 6.10 Å². The number of carbonyl (C=O) groups is 3. The van der Waals surface area contributed by atoms with Crippen molar-refractivity contribution in [2.24, 2.45) is 0 Å². The lowest BCUT2D eigenvalue weighted by atomic mass is 10.1. The molecule has 0 saturated heterocycles. The van der Waals surface area contributed by atoms with Crippen molar-refractivity contribution in [3.8, 4) is 0 Å². The average Bonchev–Trinajstić information content (AvgIpc) is 3.36. The van der Waals surface area contributed by atoms with Crippen molar-refractivity contribution >= 4 is 17.9 Å². The predicted molar refractivity (Wildman–Crippen MR) is 302 cm³/mol. The lowest BCUT2D eigenvalue weighted by Crippen LogP contribution is -2.30. The molecule has 0 amide bonds. The number of carbonyl (C=O) groups excluding carboxylic acids is 3. The van der Waals surface area contributed by atoms with Gasteiger partial charge in [-0.3, -0.25) is 14.4 Å². The smallest absolute Gasteiger partial charge is 0.306 e. The molecule has 0 saturated carbocycles. The number of esters is 3. The van der Waals surface area contributed by atoms with Gasteiger partial charge in [-0.05, 0) is 89.9 Å². The van der Waals surface area contributed by atoms with Crippen LogP contribution in [-0.4, -0.2) is 37.2 Å². The minimum atomic E-state index is -0.788. The zero-order valence-corrected chi connectivity index (χ0v) is 45.5. The first-order valence-electron chi connectivity index (χ1n) is 28.9. The lowest BCUT2D eigenvalue weighted by Gasteiger charge is -2.18. The maximum atomic E-state index is 12.8. The fourth-order valence-electron chi connectivity index (χ4n) is 7.73. The highest BCUT2D eigenvalue weighted by Crippen LogP contribution is 2.15. The van der Waals surface area contributed by atoms with Gasteiger partial charge in [0, 0.05) is 19.3 Å². The van der Waals surface area contributed by atoms with Crippen molar-refractivity contribution in [3.05, 3.63) is 109 Å². The second-order valence-corrected chi connectivity index (χ2v) is 18.8. The summed E-state index contributed by atoms with van der Waals surface area (Å²) in [7, 11) is 0. The van der Waals surface area contributed by atoms with Crippen LogP contribution in [0.4, 0.5) is 0 Å². The molecule has 0 heterocycles. The standard InChI is InChI=1S/C64H106O6/c1-4-7-10-13-16-19-22-23-24-25-26-27-28-29-30-31-32-33-34-35-36-37-38-39-40-41-43-45-48-51-54-57-63(66)69-60-61(59-68-62(65)56-53-50-47-44-21-18-15-12-9-6-3)70-64(67)58-55-52-49-46-42-20-17-14-11-8-5-2/h7,10,16,19,23-24,26-27,29-30,32-33,35-36,38-39,41,43,61H,4-6,8-9,11-15,17-18,20-22,25,28,31,34,37,40,42,44-60H2,1-3H3/b10-7-,19-16-,24-23-,27-26-,30-29-,33-32-,36-35-,39-38-,43-41-. The molecule has 0 aliphatic heterocycles. The third-order valence-electron chi connectivity index (χ3n) is 12.0. The van der Waals surface area contributed by atoms with Crippen molar-refractivity contribution in [1.29, 1.82) is 0 Å². The number of rotatable bonds is 51. The Morgan fingerprint density at radius 1 is 0.300 bits per heavy atom. The topological polar surface area (TPSA) is 78.9 Å². The third-order valence-corrected chi connectivity index (χ3v) is 12.0. The Labute approximate surface area is 431 Å². The Kier molecular flexibility index (Phi) is 54.4. The molecule has 0 aromatic heterocycles. The van der Waals surface area contributed by atoms with E-state index in [1.54, 1.807) is 0 Å². The van der Waals surface area contributed by atoms with Crippen LogP contribution in [0.2, 0.25) is 0 Å². The fraction of sp³-hybridized carbons (Fsp3) is 0.672. The molecule has 6 nitrogen and oxygen atoms in total. The Morgan fingerprint density at radius 3 is 0.871 bits per heavy atom. The van der Waals surface area contributed by atoms with Crippen LogP contribution in [0, 0.1) is 0 Å². The Morgan fingerprint density at radius 2 is 0.557 bits per heavy atom. The quantitative estimate of drug-likeness (QED) is 0.0262. The van der Waals surface area contributed by atoms with Gasteiger partial charge < -0.3 is 14.2 Å². The van der Waals surface area contributed by atoms with E-state index in [2.05, 4.69) is 130 Å². The second kappa shape index (κ2) is 57.6. The molecule has 0 bridgehead atoms. The highest BCUT2D eigenvalue weighted by Gasteiger charge is 2.19. The average molecular weight is 972 g/mol. The van der Waals surface area contributed by atoms with Crippen LogP contribution in [-0.2, 0) is 28.6 Å². The van der Waals surface area contributed by atoms with Gasteiger partial charge in [0.25, 0.3) is 0 Å². The van der Waals surface area contributed by atoms with Gasteiger partial charge >= 0.3 is 17.9 Å². The predicted octanol–water partition coefficient (Wildman–Crippen LogP) is 19.5. The van der Waals surface area contributed by atoms with E-state index in [9.17, 15) is 14.4 Å². The van der Waals surface area contributed by atoms with Crippen LogP contribution in [0.3, 0.4) is 0 Å². The molecular weight excluding hydrogens is 865 g/mol. The van der Waals surface area contributed by atoms with Crippen molar-refractivity contribution in [3.63, 3.8) is 0 Å². The first kappa shape index (κ1) is 66.1. The van der Waals surface area contributed by atoms with Crippen LogP contribution in [0.15, 0.2) is 109 Å². The van der Waals surface area contributed by atoms with Gasteiger partial charge in [0.2, 0.25) is 0 Å². The molecule has 0 aliphatic rings. The van der Waals surface area contributed by atoms with E-state index in [4.69, 9.17) is 14.2 Å². The molecule has 1 atom stereocenters. The van der Waals surface area contributed by atoms with Crippen LogP contribution in [0.25, 0.3) is 0 Å². The summed E-state index contributed by atoms with van der Waals surface area (Å²) in [5, 5.41) is 0. The van der Waals surface area contributed by atoms with Gasteiger partial charge in [0.1, 0.15) is 13.2 Å². The highest BCUT2D eigenvalue weighted by atomic mass is 16.6. The van der Waals surface area contributed by atoms with Crippen LogP contribution < -0.4 is 0 Å². The molecule has 0 aromatic carbocycles. The van der Waals surface area contributed by atoms with Gasteiger partial charge in [0.15, 0.2) is 6.10 Å². The fourth-order valence-corrected chi connectivity index (χ4v) is 7.73. The number of hydrogen-bond donors (Lipinski definition) is 0. The first-order chi connectivity index (χ1) is 34.5. The van der Waals surface area contributed by atoms with Crippen molar-refractivity contribution in [2.75, 3.05) is 13.2 Å². The minimum Gasteiger partial charge on any atom is -0.462 e. The normalized spacial score (nSPS) is 12.9. The summed E-state index contributed by atoms with van der Waals surface area (Å²) < 4.78 is 16.8. The van der Waals surface area contributed by atoms with Crippen molar-refractivity contribution in [1.82, 2.24) is 0 Å². The van der Waals surface area contributed by atoms with E-state index in [-0.39, 0.29) is 31.1 Å². The van der Waals surface area contributed by atoms with E-state index in [0.29, 0.717) is 19.3 Å². The van der Waals surface area contributed by atoms with Crippen LogP contribution >= 0.6 is 0 Å². The Hall–Kier alpha value is -3.93. The largest absolute Gasteiger partial charge is 0.462 e. The van der Waals surface area contributed by atoms with Crippen LogP contribution in [0.5, 0.6) is 0 Å². The summed E-state index contributed by atoms with van der Waals surface area (Å²) in [5.41, 5.74) is 0. The lowest BCUT2D eigenvalue weighted by molar-refractivity contribution is -0.167. The summed E-state index contributed by atoms with van der Waals surface area (Å²) >= 11 is 0. The molecule has 398 valence electrons. The molecule has 0 fully saturated rings. The highest BCUT2D eigenvalue weighted by molar-refractivity contribution is 5.71. The molecular formula is C64H106O6. The Balaban J connectivity index is 4.27. The summed E-state index contributed by atoms with van der Waals surface area (Å²) in [6, 6.07) is 0. The van der Waals surface area contributed by atoms with Crippen molar-refractivity contribution < 1.29 is 28.6 Å². The van der Waals surface area contributed by atoms with Gasteiger partial charge in [-0.15, -0.1) is 0 Å². The second-order valence-electron chi connectivity index (χ2n) is 18.8. The van der Waals surface area contributed by atoms with E-state index in [1.807, 2.05) is 0 Å². The maximum Gasteiger partial charge on any atom is 0.306 e. The summed E-state index contributed by atoms with van der Waals surface area (Å²) in [6.45, 7) is 6.47. The monoisotopic (exact) mass is 971 g/mol. The Bertz CT molecular complexity index is 1440. The molecule has 0 N–H and O–H groups in total. The van der Waals surface area contributed by atoms with Gasteiger partial charge in [-0.25, -0.2) is 0 Å². The number of hydrogen-bond acceptors (Lipinski definition) is 6.